The predicted octanol–water partition coefficient (Wildman–Crippen LogP) is 1.60. The molecule has 13 heavy (non-hydrogen) atoms. The van der Waals surface area contributed by atoms with Crippen molar-refractivity contribution < 1.29 is 0 Å². The van der Waals surface area contributed by atoms with Gasteiger partial charge in [-0.25, -0.2) is 0 Å². The zero-order valence-corrected chi connectivity index (χ0v) is 12.3. The van der Waals surface area contributed by atoms with Crippen LogP contribution in [0.15, 0.2) is 51.6 Å². The monoisotopic (exact) mass is 359 g/mol. The van der Waals surface area contributed by atoms with E-state index in [1.165, 1.54) is 10.9 Å². The van der Waals surface area contributed by atoms with E-state index in [0.29, 0.717) is 0 Å². The summed E-state index contributed by atoms with van der Waals surface area (Å²) < 4.78 is 2.27. The first kappa shape index (κ1) is 10.8. The van der Waals surface area contributed by atoms with Crippen LogP contribution in [0.4, 0.5) is 0 Å². The van der Waals surface area contributed by atoms with Crippen LogP contribution in [-0.2, 0) is 0 Å². The van der Waals surface area contributed by atoms with Crippen LogP contribution < -0.4 is 5.46 Å². The van der Waals surface area contributed by atoms with Gasteiger partial charge in [-0.15, -0.1) is 0 Å². The van der Waals surface area contributed by atoms with E-state index in [1.54, 1.807) is 0 Å². The van der Waals surface area contributed by atoms with Gasteiger partial charge in [0.25, 0.3) is 0 Å². The SMILES string of the molecule is C/C=C\C([B]c1ccccc1)=[CH]/[Tl]. The van der Waals surface area contributed by atoms with Crippen LogP contribution in [0.2, 0.25) is 0 Å². The summed E-state index contributed by atoms with van der Waals surface area (Å²) in [6, 6.07) is 10.4. The van der Waals surface area contributed by atoms with Gasteiger partial charge in [0, 0.05) is 0 Å². The molecular weight excluding hydrogens is 347 g/mol. The number of benzene rings is 1. The van der Waals surface area contributed by atoms with Gasteiger partial charge in [0.2, 0.25) is 0 Å². The maximum atomic E-state index is 2.27. The molecule has 0 fully saturated rings. The van der Waals surface area contributed by atoms with E-state index < -0.39 is 0 Å². The van der Waals surface area contributed by atoms with Crippen molar-refractivity contribution in [2.75, 3.05) is 0 Å². The van der Waals surface area contributed by atoms with Gasteiger partial charge in [-0.2, -0.15) is 0 Å². The fourth-order valence-corrected chi connectivity index (χ4v) is 1.89. The molecule has 0 saturated heterocycles. The summed E-state index contributed by atoms with van der Waals surface area (Å²) in [4.78, 5) is 0. The zero-order chi connectivity index (χ0) is 9.52. The average molecular weight is 358 g/mol. The molecular formula is C11H11BTl. The summed E-state index contributed by atoms with van der Waals surface area (Å²) in [6.07, 6.45) is 4.22. The molecule has 0 atom stereocenters. The van der Waals surface area contributed by atoms with Gasteiger partial charge < -0.3 is 0 Å². The van der Waals surface area contributed by atoms with Crippen molar-refractivity contribution in [3.8, 4) is 0 Å². The molecule has 0 unspecified atom stereocenters. The molecule has 0 saturated carbocycles. The normalized spacial score (nSPS) is 11.8. The third kappa shape index (κ3) is 3.94. The van der Waals surface area contributed by atoms with Crippen molar-refractivity contribution in [1.29, 1.82) is 0 Å². The molecule has 1 aromatic carbocycles. The summed E-state index contributed by atoms with van der Waals surface area (Å²) in [6.45, 7) is 2.05. The quantitative estimate of drug-likeness (QED) is 0.569. The first-order valence-corrected chi connectivity index (χ1v) is 6.90. The van der Waals surface area contributed by atoms with Crippen LogP contribution in [0.1, 0.15) is 6.92 Å². The second kappa shape index (κ2) is 6.19. The van der Waals surface area contributed by atoms with Crippen LogP contribution in [0.5, 0.6) is 0 Å². The zero-order valence-electron chi connectivity index (χ0n) is 7.77. The molecule has 0 spiro atoms. The van der Waals surface area contributed by atoms with Crippen molar-refractivity contribution >= 4 is 38.5 Å². The second-order valence-electron chi connectivity index (χ2n) is 2.72. The number of hydrogen-bond donors (Lipinski definition) is 0. The summed E-state index contributed by atoms with van der Waals surface area (Å²) in [5.41, 5.74) is 2.59. The number of rotatable bonds is 3. The number of allylic oxidation sites excluding steroid dienone is 3. The van der Waals surface area contributed by atoms with E-state index in [-0.39, 0.29) is 0 Å². The first-order chi connectivity index (χ1) is 6.36. The van der Waals surface area contributed by atoms with Gasteiger partial charge in [-0.05, 0) is 0 Å². The van der Waals surface area contributed by atoms with E-state index in [1.807, 2.05) is 13.0 Å². The van der Waals surface area contributed by atoms with E-state index >= 15 is 0 Å². The topological polar surface area (TPSA) is 0 Å². The minimum absolute atomic E-state index is 0.913. The van der Waals surface area contributed by atoms with Crippen molar-refractivity contribution in [3.63, 3.8) is 0 Å². The van der Waals surface area contributed by atoms with Crippen LogP contribution >= 0.6 is 0 Å². The molecule has 0 aliphatic heterocycles. The van der Waals surface area contributed by atoms with Crippen molar-refractivity contribution in [2.45, 2.75) is 6.92 Å². The summed E-state index contributed by atoms with van der Waals surface area (Å²) >= 11 is 0.913. The van der Waals surface area contributed by atoms with Crippen LogP contribution in [0.3, 0.4) is 0 Å². The Morgan fingerprint density at radius 2 is 2.00 bits per heavy atom. The van der Waals surface area contributed by atoms with Crippen LogP contribution in [0, 0.1) is 0 Å². The Labute approximate surface area is 96.7 Å². The predicted molar refractivity (Wildman–Crippen MR) is 60.5 cm³/mol. The van der Waals surface area contributed by atoms with E-state index in [9.17, 15) is 0 Å². The molecule has 0 bridgehead atoms. The maximum absolute atomic E-state index is 2.27. The summed E-state index contributed by atoms with van der Waals surface area (Å²) in [7, 11) is 2.21. The fourth-order valence-electron chi connectivity index (χ4n) is 1.09. The standard InChI is InChI=1S/C11H11B.Tl/c1-3-7-10(2)12-11-8-5-4-6-9-11;/h2-9H,1H3;/b7-3-,10-2?;. The molecule has 0 aliphatic rings. The Morgan fingerprint density at radius 3 is 2.54 bits per heavy atom. The Bertz CT molecular complexity index is 301. The van der Waals surface area contributed by atoms with E-state index in [4.69, 9.17) is 0 Å². The Balaban J connectivity index is 2.68. The van der Waals surface area contributed by atoms with E-state index in [2.05, 4.69) is 47.3 Å². The van der Waals surface area contributed by atoms with Gasteiger partial charge in [0.1, 0.15) is 0 Å². The molecule has 0 amide bonds. The molecule has 1 radical (unpaired) electrons. The van der Waals surface area contributed by atoms with Gasteiger partial charge in [0.05, 0.1) is 0 Å². The van der Waals surface area contributed by atoms with Crippen molar-refractivity contribution in [3.05, 3.63) is 51.6 Å². The first-order valence-electron chi connectivity index (χ1n) is 4.31. The summed E-state index contributed by atoms with van der Waals surface area (Å²) in [5.74, 6) is 0. The summed E-state index contributed by atoms with van der Waals surface area (Å²) in [5, 5.41) is 0. The molecule has 0 aliphatic carbocycles. The molecule has 1 aromatic rings. The molecule has 0 aromatic heterocycles. The second-order valence-corrected chi connectivity index (χ2v) is 4.02. The fraction of sp³-hybridized carbons (Fsp3) is 0.0909. The van der Waals surface area contributed by atoms with Gasteiger partial charge in [-0.3, -0.25) is 0 Å². The number of hydrogen-bond acceptors (Lipinski definition) is 0. The molecule has 0 heterocycles. The van der Waals surface area contributed by atoms with Crippen LogP contribution in [0.25, 0.3) is 0 Å². The van der Waals surface area contributed by atoms with Crippen molar-refractivity contribution in [2.24, 2.45) is 0 Å². The molecule has 0 nitrogen and oxygen atoms in total. The van der Waals surface area contributed by atoms with Crippen LogP contribution in [-0.4, -0.2) is 33.0 Å². The molecule has 2 heteroatoms. The van der Waals surface area contributed by atoms with Gasteiger partial charge >= 0.3 is 97.0 Å². The third-order valence-electron chi connectivity index (χ3n) is 1.68. The average Bonchev–Trinajstić information content (AvgIpc) is 2.19. The van der Waals surface area contributed by atoms with Crippen molar-refractivity contribution in [1.82, 2.24) is 0 Å². The molecule has 1 rings (SSSR count). The Morgan fingerprint density at radius 1 is 1.31 bits per heavy atom. The Hall–Kier alpha value is -0.313. The van der Waals surface area contributed by atoms with Gasteiger partial charge in [-0.1, -0.05) is 0 Å². The van der Waals surface area contributed by atoms with Gasteiger partial charge in [0.15, 0.2) is 0 Å². The van der Waals surface area contributed by atoms with E-state index in [0.717, 1.165) is 25.8 Å². The third-order valence-corrected chi connectivity index (χ3v) is 3.18. The molecule has 0 N–H and O–H groups in total. The Kier molecular flexibility index (Phi) is 5.12. The minimum atomic E-state index is 0.913. The molecule has 61 valence electrons.